The Morgan fingerprint density at radius 3 is 2.52 bits per heavy atom. The summed E-state index contributed by atoms with van der Waals surface area (Å²) >= 11 is 5.88. The number of halogens is 2. The summed E-state index contributed by atoms with van der Waals surface area (Å²) in [5.74, 6) is -1.10. The maximum Gasteiger partial charge on any atom is 0.283 e. The van der Waals surface area contributed by atoms with Gasteiger partial charge in [-0.05, 0) is 18.0 Å². The van der Waals surface area contributed by atoms with Crippen molar-refractivity contribution in [1.82, 2.24) is 10.2 Å². The van der Waals surface area contributed by atoms with Gasteiger partial charge in [0.15, 0.2) is 0 Å². The van der Waals surface area contributed by atoms with E-state index in [4.69, 9.17) is 17.3 Å². The number of rotatable bonds is 7. The van der Waals surface area contributed by atoms with Crippen molar-refractivity contribution in [3.63, 3.8) is 0 Å². The molecule has 0 radical (unpaired) electrons. The highest BCUT2D eigenvalue weighted by Gasteiger charge is 2.25. The molecule has 0 aliphatic rings. The van der Waals surface area contributed by atoms with Crippen molar-refractivity contribution < 1.29 is 14.5 Å². The van der Waals surface area contributed by atoms with E-state index in [0.29, 0.717) is 13.1 Å². The van der Waals surface area contributed by atoms with Crippen LogP contribution in [0, 0.1) is 15.5 Å². The van der Waals surface area contributed by atoms with E-state index in [-0.39, 0.29) is 40.9 Å². The second-order valence-corrected chi connectivity index (χ2v) is 6.60. The van der Waals surface area contributed by atoms with Crippen LogP contribution in [-0.4, -0.2) is 48.3 Å². The normalized spacial score (nSPS) is 10.6. The first-order valence-corrected chi connectivity index (χ1v) is 7.62. The highest BCUT2D eigenvalue weighted by Crippen LogP contribution is 2.25. The van der Waals surface area contributed by atoms with Crippen LogP contribution in [0.4, 0.5) is 5.69 Å². The summed E-state index contributed by atoms with van der Waals surface area (Å²) in [4.78, 5) is 36.0. The Labute approximate surface area is 157 Å². The molecule has 0 aliphatic heterocycles. The van der Waals surface area contributed by atoms with E-state index in [1.165, 1.54) is 23.1 Å². The summed E-state index contributed by atoms with van der Waals surface area (Å²) in [6.45, 7) is 4.37. The summed E-state index contributed by atoms with van der Waals surface area (Å²) in [6, 6.07) is 3.94. The fourth-order valence-corrected chi connectivity index (χ4v) is 2.32. The first-order chi connectivity index (χ1) is 11.1. The number of nitrogens with one attached hydrogen (secondary N) is 1. The van der Waals surface area contributed by atoms with Gasteiger partial charge in [-0.25, -0.2) is 0 Å². The van der Waals surface area contributed by atoms with Gasteiger partial charge >= 0.3 is 0 Å². The average molecular weight is 393 g/mol. The standard InChI is InChI=1S/C15H21ClN4O4.ClH/c1-15(2,8-17)9-19(3)12(21)7-18-14(22)13-10(16)5-4-6-11(13)20(23)24;/h4-6H,7-9,17H2,1-3H3,(H,18,22);1H. The number of nitrogens with zero attached hydrogens (tertiary/aromatic N) is 2. The molecule has 140 valence electrons. The van der Waals surface area contributed by atoms with Crippen molar-refractivity contribution in [2.45, 2.75) is 13.8 Å². The minimum absolute atomic E-state index is 0. The first-order valence-electron chi connectivity index (χ1n) is 7.24. The van der Waals surface area contributed by atoms with Crippen LogP contribution in [0.15, 0.2) is 18.2 Å². The van der Waals surface area contributed by atoms with Crippen LogP contribution in [0.3, 0.4) is 0 Å². The number of nitro groups is 1. The molecule has 0 spiro atoms. The molecule has 1 rings (SSSR count). The zero-order chi connectivity index (χ0) is 18.5. The van der Waals surface area contributed by atoms with Crippen LogP contribution in [0.1, 0.15) is 24.2 Å². The smallest absolute Gasteiger partial charge is 0.283 e. The molecule has 0 saturated heterocycles. The van der Waals surface area contributed by atoms with Crippen molar-refractivity contribution in [2.75, 3.05) is 26.7 Å². The van der Waals surface area contributed by atoms with Gasteiger partial charge in [0.05, 0.1) is 16.5 Å². The lowest BCUT2D eigenvalue weighted by atomic mass is 9.93. The van der Waals surface area contributed by atoms with Crippen LogP contribution >= 0.6 is 24.0 Å². The monoisotopic (exact) mass is 392 g/mol. The van der Waals surface area contributed by atoms with Crippen LogP contribution in [0.2, 0.25) is 5.02 Å². The highest BCUT2D eigenvalue weighted by molar-refractivity contribution is 6.34. The van der Waals surface area contributed by atoms with E-state index in [9.17, 15) is 19.7 Å². The Hall–Kier alpha value is -1.90. The van der Waals surface area contributed by atoms with Gasteiger partial charge in [-0.3, -0.25) is 19.7 Å². The largest absolute Gasteiger partial charge is 0.344 e. The van der Waals surface area contributed by atoms with Crippen molar-refractivity contribution in [3.8, 4) is 0 Å². The number of nitrogens with two attached hydrogens (primary N) is 1. The zero-order valence-corrected chi connectivity index (χ0v) is 15.8. The predicted molar refractivity (Wildman–Crippen MR) is 98.2 cm³/mol. The van der Waals surface area contributed by atoms with Gasteiger partial charge in [0.25, 0.3) is 11.6 Å². The van der Waals surface area contributed by atoms with Crippen molar-refractivity contribution in [1.29, 1.82) is 0 Å². The molecule has 2 amide bonds. The van der Waals surface area contributed by atoms with E-state index in [1.54, 1.807) is 7.05 Å². The maximum atomic E-state index is 12.2. The molecular formula is C15H22Cl2N4O4. The van der Waals surface area contributed by atoms with Crippen LogP contribution in [0.25, 0.3) is 0 Å². The minimum Gasteiger partial charge on any atom is -0.344 e. The van der Waals surface area contributed by atoms with Gasteiger partial charge in [0, 0.05) is 19.7 Å². The molecule has 0 unspecified atom stereocenters. The van der Waals surface area contributed by atoms with E-state index in [1.807, 2.05) is 13.8 Å². The molecule has 1 aromatic carbocycles. The van der Waals surface area contributed by atoms with Crippen molar-refractivity contribution in [3.05, 3.63) is 38.9 Å². The fourth-order valence-electron chi connectivity index (χ4n) is 2.06. The molecular weight excluding hydrogens is 371 g/mol. The second-order valence-electron chi connectivity index (χ2n) is 6.19. The zero-order valence-electron chi connectivity index (χ0n) is 14.2. The van der Waals surface area contributed by atoms with Gasteiger partial charge in [-0.2, -0.15) is 0 Å². The Morgan fingerprint density at radius 2 is 2.00 bits per heavy atom. The van der Waals surface area contributed by atoms with Crippen molar-refractivity contribution >= 4 is 41.5 Å². The number of hydrogen-bond acceptors (Lipinski definition) is 5. The summed E-state index contributed by atoms with van der Waals surface area (Å²) in [5, 5.41) is 13.3. The molecule has 0 heterocycles. The molecule has 10 heteroatoms. The number of carbonyl (C=O) groups excluding carboxylic acids is 2. The number of likely N-dealkylation sites (N-methyl/N-ethyl adjacent to an activating group) is 1. The van der Waals surface area contributed by atoms with E-state index in [2.05, 4.69) is 5.32 Å². The fraction of sp³-hybridized carbons (Fsp3) is 0.467. The highest BCUT2D eigenvalue weighted by atomic mass is 35.5. The van der Waals surface area contributed by atoms with E-state index < -0.39 is 16.5 Å². The Kier molecular flexibility index (Phi) is 8.82. The predicted octanol–water partition coefficient (Wildman–Crippen LogP) is 1.84. The number of benzene rings is 1. The van der Waals surface area contributed by atoms with Gasteiger partial charge in [-0.15, -0.1) is 12.4 Å². The Balaban J connectivity index is 0.00000576. The summed E-state index contributed by atoms with van der Waals surface area (Å²) in [7, 11) is 1.60. The third kappa shape index (κ3) is 6.49. The molecule has 0 saturated carbocycles. The van der Waals surface area contributed by atoms with Gasteiger partial charge in [-0.1, -0.05) is 31.5 Å². The van der Waals surface area contributed by atoms with Crippen LogP contribution in [-0.2, 0) is 4.79 Å². The van der Waals surface area contributed by atoms with Crippen LogP contribution in [0.5, 0.6) is 0 Å². The lowest BCUT2D eigenvalue weighted by Gasteiger charge is -2.29. The van der Waals surface area contributed by atoms with E-state index >= 15 is 0 Å². The third-order valence-electron chi connectivity index (χ3n) is 3.46. The lowest BCUT2D eigenvalue weighted by molar-refractivity contribution is -0.385. The van der Waals surface area contributed by atoms with Crippen LogP contribution < -0.4 is 11.1 Å². The van der Waals surface area contributed by atoms with Crippen molar-refractivity contribution in [2.24, 2.45) is 11.1 Å². The number of hydrogen-bond donors (Lipinski definition) is 2. The van der Waals surface area contributed by atoms with E-state index in [0.717, 1.165) is 0 Å². The molecule has 0 atom stereocenters. The Bertz CT molecular complexity index is 652. The average Bonchev–Trinajstić information content (AvgIpc) is 2.51. The topological polar surface area (TPSA) is 119 Å². The first kappa shape index (κ1) is 23.1. The summed E-state index contributed by atoms with van der Waals surface area (Å²) < 4.78 is 0. The summed E-state index contributed by atoms with van der Waals surface area (Å²) in [5.41, 5.74) is 4.70. The number of carbonyl (C=O) groups is 2. The maximum absolute atomic E-state index is 12.2. The minimum atomic E-state index is -0.771. The van der Waals surface area contributed by atoms with Gasteiger partial charge in [0.1, 0.15) is 5.56 Å². The SMILES string of the molecule is CN(CC(C)(C)CN)C(=O)CNC(=O)c1c(Cl)cccc1[N+](=O)[O-].Cl. The molecule has 3 N–H and O–H groups in total. The molecule has 0 bridgehead atoms. The second kappa shape index (κ2) is 9.55. The van der Waals surface area contributed by atoms with Gasteiger partial charge < -0.3 is 16.0 Å². The molecule has 0 aromatic heterocycles. The molecule has 25 heavy (non-hydrogen) atoms. The quantitative estimate of drug-likeness (QED) is 0.541. The third-order valence-corrected chi connectivity index (χ3v) is 3.77. The number of nitro benzene ring substituents is 1. The number of amides is 2. The molecule has 1 aromatic rings. The van der Waals surface area contributed by atoms with Gasteiger partial charge in [0.2, 0.25) is 5.91 Å². The molecule has 0 aliphatic carbocycles. The lowest BCUT2D eigenvalue weighted by Crippen LogP contribution is -2.44. The molecule has 8 nitrogen and oxygen atoms in total. The molecule has 0 fully saturated rings. The Morgan fingerprint density at radius 1 is 1.40 bits per heavy atom. The summed E-state index contributed by atoms with van der Waals surface area (Å²) in [6.07, 6.45) is 0.